The van der Waals surface area contributed by atoms with Crippen LogP contribution >= 0.6 is 11.8 Å². The van der Waals surface area contributed by atoms with Crippen LogP contribution in [0.4, 0.5) is 13.2 Å². The van der Waals surface area contributed by atoms with Crippen LogP contribution in [0.2, 0.25) is 0 Å². The predicted molar refractivity (Wildman–Crippen MR) is 120 cm³/mol. The van der Waals surface area contributed by atoms with Gasteiger partial charge >= 0.3 is 6.18 Å². The number of aromatic amines is 1. The highest BCUT2D eigenvalue weighted by Gasteiger charge is 2.30. The minimum absolute atomic E-state index is 0.229. The van der Waals surface area contributed by atoms with E-state index in [0.29, 0.717) is 33.2 Å². The van der Waals surface area contributed by atoms with E-state index >= 15 is 0 Å². The number of fused-ring (bicyclic) bond motifs is 3. The van der Waals surface area contributed by atoms with Crippen LogP contribution < -0.4 is 5.56 Å². The molecular weight excluding hydrogens is 435 g/mol. The number of H-pyrrole nitrogens is 1. The molecule has 0 bridgehead atoms. The number of nitrogens with one attached hydrogen (secondary N) is 1. The fourth-order valence-electron chi connectivity index (χ4n) is 3.58. The molecule has 2 aromatic heterocycles. The Morgan fingerprint density at radius 2 is 1.59 bits per heavy atom. The van der Waals surface area contributed by atoms with Gasteiger partial charge in [0, 0.05) is 16.7 Å². The second-order valence-electron chi connectivity index (χ2n) is 7.25. The highest BCUT2D eigenvalue weighted by molar-refractivity contribution is 7.98. The van der Waals surface area contributed by atoms with Crippen molar-refractivity contribution < 1.29 is 13.2 Å². The number of rotatable bonds is 4. The molecular formula is C24H16F3N3OS. The molecule has 0 amide bonds. The summed E-state index contributed by atoms with van der Waals surface area (Å²) in [5.74, 6) is 0.366. The van der Waals surface area contributed by atoms with Crippen LogP contribution in [0.1, 0.15) is 11.1 Å². The summed E-state index contributed by atoms with van der Waals surface area (Å²) in [7, 11) is 0. The van der Waals surface area contributed by atoms with Crippen LogP contribution in [0.15, 0.2) is 88.8 Å². The topological polar surface area (TPSA) is 50.7 Å². The summed E-state index contributed by atoms with van der Waals surface area (Å²) in [5.41, 5.74) is 2.26. The summed E-state index contributed by atoms with van der Waals surface area (Å²) in [5, 5.41) is 1.31. The van der Waals surface area contributed by atoms with Gasteiger partial charge in [0.15, 0.2) is 5.16 Å². The first-order chi connectivity index (χ1) is 15.4. The number of alkyl halides is 3. The SMILES string of the molecule is O=c1c2[nH]c3ccccc3c2nc(SCc2ccc(C(F)(F)F)cc2)n1-c1ccccc1. The fraction of sp³-hybridized carbons (Fsp3) is 0.0833. The Morgan fingerprint density at radius 3 is 2.31 bits per heavy atom. The number of aromatic nitrogens is 3. The van der Waals surface area contributed by atoms with E-state index in [4.69, 9.17) is 4.98 Å². The van der Waals surface area contributed by atoms with Gasteiger partial charge in [0.05, 0.1) is 11.3 Å². The summed E-state index contributed by atoms with van der Waals surface area (Å²) in [6.45, 7) is 0. The summed E-state index contributed by atoms with van der Waals surface area (Å²) >= 11 is 1.31. The van der Waals surface area contributed by atoms with Gasteiger partial charge in [-0.3, -0.25) is 9.36 Å². The largest absolute Gasteiger partial charge is 0.416 e. The van der Waals surface area contributed by atoms with Crippen molar-refractivity contribution in [1.82, 2.24) is 14.5 Å². The van der Waals surface area contributed by atoms with E-state index in [0.717, 1.165) is 23.0 Å². The van der Waals surface area contributed by atoms with Crippen LogP contribution in [0.5, 0.6) is 0 Å². The number of halogens is 3. The molecule has 0 spiro atoms. The lowest BCUT2D eigenvalue weighted by atomic mass is 10.1. The zero-order valence-corrected chi connectivity index (χ0v) is 17.4. The van der Waals surface area contributed by atoms with E-state index in [1.54, 1.807) is 0 Å². The molecule has 0 aliphatic heterocycles. The average Bonchev–Trinajstić information content (AvgIpc) is 3.17. The number of nitrogens with zero attached hydrogens (tertiary/aromatic N) is 2. The lowest BCUT2D eigenvalue weighted by Gasteiger charge is -2.12. The maximum absolute atomic E-state index is 13.4. The van der Waals surface area contributed by atoms with Crippen molar-refractivity contribution >= 4 is 33.7 Å². The third-order valence-corrected chi connectivity index (χ3v) is 6.17. The molecule has 160 valence electrons. The maximum atomic E-state index is 13.4. The summed E-state index contributed by atoms with van der Waals surface area (Å²) in [6.07, 6.45) is -4.37. The summed E-state index contributed by atoms with van der Waals surface area (Å²) in [6, 6.07) is 21.8. The minimum atomic E-state index is -4.37. The molecule has 32 heavy (non-hydrogen) atoms. The van der Waals surface area contributed by atoms with Crippen LogP contribution in [0.3, 0.4) is 0 Å². The molecule has 0 atom stereocenters. The second kappa shape index (κ2) is 7.87. The number of thioether (sulfide) groups is 1. The molecule has 0 fully saturated rings. The van der Waals surface area contributed by atoms with E-state index in [9.17, 15) is 18.0 Å². The van der Waals surface area contributed by atoms with E-state index in [2.05, 4.69) is 4.98 Å². The Kier molecular flexibility index (Phi) is 5.01. The van der Waals surface area contributed by atoms with Crippen molar-refractivity contribution in [3.8, 4) is 5.69 Å². The van der Waals surface area contributed by atoms with Crippen LogP contribution in [-0.4, -0.2) is 14.5 Å². The minimum Gasteiger partial charge on any atom is -0.349 e. The molecule has 5 aromatic rings. The predicted octanol–water partition coefficient (Wildman–Crippen LogP) is 6.18. The molecule has 0 radical (unpaired) electrons. The van der Waals surface area contributed by atoms with Crippen molar-refractivity contribution in [3.05, 3.63) is 100 Å². The Bertz CT molecular complexity index is 1470. The van der Waals surface area contributed by atoms with E-state index in [1.165, 1.54) is 28.5 Å². The van der Waals surface area contributed by atoms with Crippen molar-refractivity contribution in [2.24, 2.45) is 0 Å². The van der Waals surface area contributed by atoms with Crippen LogP contribution in [0, 0.1) is 0 Å². The Balaban J connectivity index is 1.60. The zero-order valence-electron chi connectivity index (χ0n) is 16.6. The van der Waals surface area contributed by atoms with E-state index < -0.39 is 11.7 Å². The molecule has 3 aromatic carbocycles. The Morgan fingerprint density at radius 1 is 0.906 bits per heavy atom. The molecule has 2 heterocycles. The molecule has 0 aliphatic carbocycles. The first-order valence-corrected chi connectivity index (χ1v) is 10.8. The Labute approximate surface area is 184 Å². The average molecular weight is 451 g/mol. The van der Waals surface area contributed by atoms with Gasteiger partial charge in [-0.25, -0.2) is 4.98 Å². The third-order valence-electron chi connectivity index (χ3n) is 5.16. The van der Waals surface area contributed by atoms with Crippen molar-refractivity contribution in [2.75, 3.05) is 0 Å². The highest BCUT2D eigenvalue weighted by Crippen LogP contribution is 2.31. The molecule has 0 aliphatic rings. The summed E-state index contributed by atoms with van der Waals surface area (Å²) in [4.78, 5) is 21.4. The van der Waals surface area contributed by atoms with Crippen molar-refractivity contribution in [3.63, 3.8) is 0 Å². The lowest BCUT2D eigenvalue weighted by Crippen LogP contribution is -2.21. The molecule has 0 unspecified atom stereocenters. The monoisotopic (exact) mass is 451 g/mol. The number of hydrogen-bond donors (Lipinski definition) is 1. The highest BCUT2D eigenvalue weighted by atomic mass is 32.2. The standard InChI is InChI=1S/C24H16F3N3OS/c25-24(26,27)16-12-10-15(11-13-16)14-32-23-29-20-18-8-4-5-9-19(18)28-21(20)22(31)30(23)17-6-2-1-3-7-17/h1-13,28H,14H2. The zero-order chi connectivity index (χ0) is 22.3. The smallest absolute Gasteiger partial charge is 0.349 e. The van der Waals surface area contributed by atoms with Gasteiger partial charge < -0.3 is 4.98 Å². The van der Waals surface area contributed by atoms with Gasteiger partial charge in [0.2, 0.25) is 0 Å². The van der Waals surface area contributed by atoms with E-state index in [-0.39, 0.29) is 5.56 Å². The van der Waals surface area contributed by atoms with Gasteiger partial charge in [0.25, 0.3) is 5.56 Å². The number of para-hydroxylation sites is 2. The number of benzene rings is 3. The van der Waals surface area contributed by atoms with Crippen LogP contribution in [-0.2, 0) is 11.9 Å². The number of hydrogen-bond acceptors (Lipinski definition) is 3. The van der Waals surface area contributed by atoms with Crippen molar-refractivity contribution in [1.29, 1.82) is 0 Å². The molecule has 4 nitrogen and oxygen atoms in total. The van der Waals surface area contributed by atoms with Gasteiger partial charge in [-0.2, -0.15) is 13.2 Å². The first kappa shape index (κ1) is 20.4. The third kappa shape index (κ3) is 3.67. The van der Waals surface area contributed by atoms with Gasteiger partial charge in [0.1, 0.15) is 11.0 Å². The van der Waals surface area contributed by atoms with Gasteiger partial charge in [-0.1, -0.05) is 60.3 Å². The van der Waals surface area contributed by atoms with E-state index in [1.807, 2.05) is 54.6 Å². The normalized spacial score (nSPS) is 12.0. The van der Waals surface area contributed by atoms with Crippen molar-refractivity contribution in [2.45, 2.75) is 17.1 Å². The van der Waals surface area contributed by atoms with Gasteiger partial charge in [-0.05, 0) is 35.9 Å². The molecule has 0 saturated carbocycles. The molecule has 8 heteroatoms. The quantitative estimate of drug-likeness (QED) is 0.262. The molecule has 0 saturated heterocycles. The maximum Gasteiger partial charge on any atom is 0.416 e. The molecule has 5 rings (SSSR count). The van der Waals surface area contributed by atoms with Crippen LogP contribution in [0.25, 0.3) is 27.6 Å². The second-order valence-corrected chi connectivity index (χ2v) is 8.19. The van der Waals surface area contributed by atoms with Gasteiger partial charge in [-0.15, -0.1) is 0 Å². The Hall–Kier alpha value is -3.52. The summed E-state index contributed by atoms with van der Waals surface area (Å²) < 4.78 is 40.1. The fourth-order valence-corrected chi connectivity index (χ4v) is 4.54. The lowest BCUT2D eigenvalue weighted by molar-refractivity contribution is -0.137. The molecule has 1 N–H and O–H groups in total. The first-order valence-electron chi connectivity index (χ1n) is 9.79.